The second-order valence-electron chi connectivity index (χ2n) is 11.6. The molecule has 222 valence electrons. The predicted molar refractivity (Wildman–Crippen MR) is 175 cm³/mol. The summed E-state index contributed by atoms with van der Waals surface area (Å²) in [6, 6.07) is 27.4. The van der Waals surface area contributed by atoms with Crippen LogP contribution in [-0.4, -0.2) is 36.4 Å². The van der Waals surface area contributed by atoms with Crippen molar-refractivity contribution >= 4 is 45.0 Å². The Morgan fingerprint density at radius 2 is 1.73 bits per heavy atom. The van der Waals surface area contributed by atoms with Crippen molar-refractivity contribution in [3.63, 3.8) is 0 Å². The number of hydrogen-bond acceptors (Lipinski definition) is 7. The molecule has 0 saturated carbocycles. The molecule has 1 amide bonds. The van der Waals surface area contributed by atoms with E-state index in [1.165, 1.54) is 11.8 Å². The van der Waals surface area contributed by atoms with Crippen LogP contribution in [0.2, 0.25) is 0 Å². The number of amides is 1. The van der Waals surface area contributed by atoms with E-state index in [9.17, 15) is 9.59 Å². The van der Waals surface area contributed by atoms with Crippen molar-refractivity contribution in [1.82, 2.24) is 24.5 Å². The zero-order chi connectivity index (χ0) is 30.4. The van der Waals surface area contributed by atoms with Crippen molar-refractivity contribution in [2.45, 2.75) is 50.6 Å². The zero-order valence-electron chi connectivity index (χ0n) is 24.6. The zero-order valence-corrected chi connectivity index (χ0v) is 26.2. The Morgan fingerprint density at radius 1 is 1.02 bits per heavy atom. The lowest BCUT2D eigenvalue weighted by atomic mass is 9.94. The van der Waals surface area contributed by atoms with Crippen LogP contribution in [0.15, 0.2) is 94.9 Å². The van der Waals surface area contributed by atoms with Crippen LogP contribution in [0.5, 0.6) is 0 Å². The molecule has 0 unspecified atom stereocenters. The first-order valence-electron chi connectivity index (χ1n) is 14.5. The smallest absolute Gasteiger partial charge is 0.268 e. The molecule has 6 aromatic rings. The highest BCUT2D eigenvalue weighted by Gasteiger charge is 2.32. The lowest BCUT2D eigenvalue weighted by molar-refractivity contribution is -0.119. The molecule has 44 heavy (non-hydrogen) atoms. The van der Waals surface area contributed by atoms with Crippen LogP contribution >= 0.6 is 23.1 Å². The maximum atomic E-state index is 14.2. The number of benzene rings is 3. The number of ether oxygens (including phenoxy) is 1. The number of carbonyl (C=O) groups excluding carboxylic acids is 1. The summed E-state index contributed by atoms with van der Waals surface area (Å²) in [6.07, 6.45) is 0.629. The first-order valence-corrected chi connectivity index (χ1v) is 16.3. The van der Waals surface area contributed by atoms with Crippen molar-refractivity contribution in [1.29, 1.82) is 0 Å². The number of rotatable bonds is 7. The third-order valence-corrected chi connectivity index (χ3v) is 9.99. The number of aryl methyl sites for hydroxylation is 1. The Balaban J connectivity index is 1.29. The number of hydrogen-bond donors (Lipinski definition) is 1. The Morgan fingerprint density at radius 3 is 2.41 bits per heavy atom. The molecule has 3 aromatic heterocycles. The topological polar surface area (TPSA) is 90.5 Å². The molecular formula is C34H31N5O3S2. The van der Waals surface area contributed by atoms with Gasteiger partial charge in [0.15, 0.2) is 5.16 Å². The van der Waals surface area contributed by atoms with Gasteiger partial charge in [-0.3, -0.25) is 9.59 Å². The molecule has 1 aliphatic rings. The van der Waals surface area contributed by atoms with E-state index >= 15 is 0 Å². The summed E-state index contributed by atoms with van der Waals surface area (Å²) < 4.78 is 9.68. The average Bonchev–Trinajstić information content (AvgIpc) is 3.60. The summed E-state index contributed by atoms with van der Waals surface area (Å²) in [5, 5.41) is 13.4. The number of thioether (sulfide) groups is 1. The summed E-state index contributed by atoms with van der Waals surface area (Å²) in [7, 11) is 0. The summed E-state index contributed by atoms with van der Waals surface area (Å²) >= 11 is 2.85. The Kier molecular flexibility index (Phi) is 7.36. The van der Waals surface area contributed by atoms with E-state index in [1.54, 1.807) is 15.9 Å². The van der Waals surface area contributed by atoms with E-state index in [4.69, 9.17) is 4.74 Å². The molecule has 0 fully saturated rings. The minimum atomic E-state index is -0.381. The van der Waals surface area contributed by atoms with Crippen LogP contribution < -0.4 is 10.9 Å². The molecule has 3 aromatic carbocycles. The van der Waals surface area contributed by atoms with E-state index in [0.717, 1.165) is 37.6 Å². The monoisotopic (exact) mass is 621 g/mol. The Labute approximate surface area is 262 Å². The highest BCUT2D eigenvalue weighted by Crippen LogP contribution is 2.39. The second kappa shape index (κ2) is 11.4. The molecule has 0 aliphatic carbocycles. The SMILES string of the molecule is Cc1cccc(-n2c(=O)c3c4c(sc3n3c(SCC(=O)NC(c5ccccc5)c5ccccc5)nnc23)COC(C)(C)C4)c1. The average molecular weight is 622 g/mol. The molecule has 0 spiro atoms. The van der Waals surface area contributed by atoms with Gasteiger partial charge in [0.25, 0.3) is 5.56 Å². The first-order chi connectivity index (χ1) is 21.3. The van der Waals surface area contributed by atoms with Gasteiger partial charge in [-0.1, -0.05) is 84.6 Å². The van der Waals surface area contributed by atoms with E-state index in [0.29, 0.717) is 29.3 Å². The van der Waals surface area contributed by atoms with Gasteiger partial charge in [0.05, 0.1) is 35.1 Å². The van der Waals surface area contributed by atoms with Gasteiger partial charge in [-0.25, -0.2) is 8.97 Å². The number of fused-ring (bicyclic) bond motifs is 5. The molecule has 4 heterocycles. The molecule has 1 aliphatic heterocycles. The Hall–Kier alpha value is -4.25. The number of carbonyl (C=O) groups is 1. The lowest BCUT2D eigenvalue weighted by Gasteiger charge is -2.29. The summed E-state index contributed by atoms with van der Waals surface area (Å²) in [5.41, 5.74) is 4.28. The van der Waals surface area contributed by atoms with Crippen molar-refractivity contribution < 1.29 is 9.53 Å². The molecule has 0 saturated heterocycles. The number of nitrogens with zero attached hydrogens (tertiary/aromatic N) is 4. The van der Waals surface area contributed by atoms with Gasteiger partial charge in [0.2, 0.25) is 11.7 Å². The molecule has 8 nitrogen and oxygen atoms in total. The van der Waals surface area contributed by atoms with Gasteiger partial charge >= 0.3 is 0 Å². The fourth-order valence-electron chi connectivity index (χ4n) is 5.78. The van der Waals surface area contributed by atoms with Gasteiger partial charge in [-0.05, 0) is 55.2 Å². The molecule has 0 atom stereocenters. The molecule has 1 N–H and O–H groups in total. The largest absolute Gasteiger partial charge is 0.370 e. The van der Waals surface area contributed by atoms with Crippen LogP contribution in [0, 0.1) is 6.92 Å². The standard InChI is InChI=1S/C34H31N5O3S2/c1-21-11-10-16-24(17-21)38-30(41)28-25-18-34(2,3)42-19-26(25)44-31(28)39-32(38)36-37-33(39)43-20-27(40)35-29(22-12-6-4-7-13-22)23-14-8-5-9-15-23/h4-17,29H,18-20H2,1-3H3,(H,35,40). The van der Waals surface area contributed by atoms with Gasteiger partial charge in [0.1, 0.15) is 4.83 Å². The number of thiophene rings is 1. The van der Waals surface area contributed by atoms with Crippen molar-refractivity contribution in [2.24, 2.45) is 0 Å². The van der Waals surface area contributed by atoms with Crippen LogP contribution in [0.4, 0.5) is 0 Å². The molecule has 10 heteroatoms. The third-order valence-electron chi connectivity index (χ3n) is 7.87. The summed E-state index contributed by atoms with van der Waals surface area (Å²) in [4.78, 5) is 29.5. The predicted octanol–water partition coefficient (Wildman–Crippen LogP) is 6.25. The first kappa shape index (κ1) is 28.5. The number of aromatic nitrogens is 4. The quantitative estimate of drug-likeness (QED) is 0.212. The van der Waals surface area contributed by atoms with E-state index in [-0.39, 0.29) is 28.9 Å². The minimum absolute atomic E-state index is 0.122. The highest BCUT2D eigenvalue weighted by molar-refractivity contribution is 7.99. The fraction of sp³-hybridized carbons (Fsp3) is 0.235. The minimum Gasteiger partial charge on any atom is -0.370 e. The van der Waals surface area contributed by atoms with Gasteiger partial charge in [-0.2, -0.15) is 0 Å². The van der Waals surface area contributed by atoms with Gasteiger partial charge in [-0.15, -0.1) is 21.5 Å². The highest BCUT2D eigenvalue weighted by atomic mass is 32.2. The maximum Gasteiger partial charge on any atom is 0.268 e. The number of nitrogens with one attached hydrogen (secondary N) is 1. The van der Waals surface area contributed by atoms with E-state index in [1.807, 2.05) is 110 Å². The molecule has 7 rings (SSSR count). The van der Waals surface area contributed by atoms with Crippen molar-refractivity contribution in [2.75, 3.05) is 5.75 Å². The van der Waals surface area contributed by atoms with E-state index in [2.05, 4.69) is 15.5 Å². The fourth-order valence-corrected chi connectivity index (χ4v) is 7.80. The van der Waals surface area contributed by atoms with Crippen LogP contribution in [0.1, 0.15) is 47.0 Å². The Bertz CT molecular complexity index is 2030. The van der Waals surface area contributed by atoms with E-state index < -0.39 is 0 Å². The van der Waals surface area contributed by atoms with Crippen LogP contribution in [-0.2, 0) is 22.6 Å². The van der Waals surface area contributed by atoms with Crippen molar-refractivity contribution in [3.8, 4) is 5.69 Å². The maximum absolute atomic E-state index is 14.2. The van der Waals surface area contributed by atoms with Crippen LogP contribution in [0.25, 0.3) is 21.7 Å². The molecule has 0 radical (unpaired) electrons. The molecule has 0 bridgehead atoms. The van der Waals surface area contributed by atoms with Gasteiger partial charge in [0, 0.05) is 11.3 Å². The normalized spacial score (nSPS) is 14.3. The second-order valence-corrected chi connectivity index (χ2v) is 13.6. The summed E-state index contributed by atoms with van der Waals surface area (Å²) in [6.45, 7) is 6.54. The van der Waals surface area contributed by atoms with Crippen molar-refractivity contribution in [3.05, 3.63) is 122 Å². The third kappa shape index (κ3) is 5.23. The van der Waals surface area contributed by atoms with Crippen LogP contribution in [0.3, 0.4) is 0 Å². The summed E-state index contributed by atoms with van der Waals surface area (Å²) in [5.74, 6) is 0.415. The molecular weight excluding hydrogens is 591 g/mol. The van der Waals surface area contributed by atoms with Gasteiger partial charge < -0.3 is 10.1 Å². The lowest BCUT2D eigenvalue weighted by Crippen LogP contribution is -2.32.